The molecule has 0 heterocycles. The van der Waals surface area contributed by atoms with Gasteiger partial charge in [0.25, 0.3) is 0 Å². The molecular formula is C13H17FN2O3. The summed E-state index contributed by atoms with van der Waals surface area (Å²) >= 11 is 0. The summed E-state index contributed by atoms with van der Waals surface area (Å²) in [4.78, 5) is 22.6. The van der Waals surface area contributed by atoms with Gasteiger partial charge in [-0.3, -0.25) is 4.79 Å². The van der Waals surface area contributed by atoms with Crippen LogP contribution in [-0.4, -0.2) is 23.5 Å². The minimum absolute atomic E-state index is 0.215. The smallest absolute Gasteiger partial charge is 0.338 e. The molecule has 1 aromatic rings. The number of nitrogens with two attached hydrogens (primary N) is 1. The first-order valence-electron chi connectivity index (χ1n) is 6.03. The third-order valence-corrected chi connectivity index (χ3v) is 2.76. The molecule has 19 heavy (non-hydrogen) atoms. The maximum Gasteiger partial charge on any atom is 0.338 e. The van der Waals surface area contributed by atoms with Crippen LogP contribution in [0.4, 0.5) is 10.1 Å². The van der Waals surface area contributed by atoms with Crippen LogP contribution in [0.2, 0.25) is 0 Å². The Morgan fingerprint density at radius 2 is 2.16 bits per heavy atom. The first kappa shape index (κ1) is 15.1. The van der Waals surface area contributed by atoms with E-state index in [2.05, 4.69) is 5.32 Å². The SMILES string of the molecule is CCCC(CN)C(=O)Nc1ccc(F)c(C(=O)O)c1. The molecule has 0 radical (unpaired) electrons. The third kappa shape index (κ3) is 4.03. The van der Waals surface area contributed by atoms with E-state index < -0.39 is 17.3 Å². The molecule has 0 aromatic heterocycles. The van der Waals surface area contributed by atoms with Gasteiger partial charge in [-0.15, -0.1) is 0 Å². The molecule has 0 saturated heterocycles. The second-order valence-electron chi connectivity index (χ2n) is 4.21. The zero-order valence-electron chi connectivity index (χ0n) is 10.6. The molecule has 104 valence electrons. The fourth-order valence-corrected chi connectivity index (χ4v) is 1.72. The Hall–Kier alpha value is -1.95. The number of hydrogen-bond donors (Lipinski definition) is 3. The summed E-state index contributed by atoms with van der Waals surface area (Å²) < 4.78 is 13.2. The van der Waals surface area contributed by atoms with E-state index in [1.807, 2.05) is 6.92 Å². The summed E-state index contributed by atoms with van der Waals surface area (Å²) in [7, 11) is 0. The van der Waals surface area contributed by atoms with Gasteiger partial charge in [-0.25, -0.2) is 9.18 Å². The maximum atomic E-state index is 13.2. The van der Waals surface area contributed by atoms with Gasteiger partial charge in [0.05, 0.1) is 11.5 Å². The van der Waals surface area contributed by atoms with Crippen LogP contribution in [-0.2, 0) is 4.79 Å². The highest BCUT2D eigenvalue weighted by atomic mass is 19.1. The van der Waals surface area contributed by atoms with Crippen LogP contribution < -0.4 is 11.1 Å². The third-order valence-electron chi connectivity index (χ3n) is 2.76. The van der Waals surface area contributed by atoms with E-state index in [1.165, 1.54) is 6.07 Å². The standard InChI is InChI=1S/C13H17FN2O3/c1-2-3-8(7-15)12(17)16-9-4-5-11(14)10(6-9)13(18)19/h4-6,8H,2-3,7,15H2,1H3,(H,16,17)(H,18,19). The molecule has 1 amide bonds. The van der Waals surface area contributed by atoms with Crippen molar-refractivity contribution in [1.29, 1.82) is 0 Å². The van der Waals surface area contributed by atoms with E-state index in [0.29, 0.717) is 6.42 Å². The highest BCUT2D eigenvalue weighted by Gasteiger charge is 2.17. The number of carboxylic acid groups (broad SMARTS) is 1. The molecule has 1 atom stereocenters. The Morgan fingerprint density at radius 1 is 1.47 bits per heavy atom. The highest BCUT2D eigenvalue weighted by molar-refractivity contribution is 5.95. The molecule has 4 N–H and O–H groups in total. The van der Waals surface area contributed by atoms with Gasteiger partial charge in [0.15, 0.2) is 0 Å². The van der Waals surface area contributed by atoms with Gasteiger partial charge in [-0.05, 0) is 24.6 Å². The lowest BCUT2D eigenvalue weighted by atomic mass is 10.0. The lowest BCUT2D eigenvalue weighted by molar-refractivity contribution is -0.119. The van der Waals surface area contributed by atoms with Crippen LogP contribution in [0.1, 0.15) is 30.1 Å². The van der Waals surface area contributed by atoms with Crippen LogP contribution in [0.5, 0.6) is 0 Å². The average molecular weight is 268 g/mol. The van der Waals surface area contributed by atoms with E-state index in [0.717, 1.165) is 18.6 Å². The normalized spacial score (nSPS) is 11.9. The minimum Gasteiger partial charge on any atom is -0.478 e. The van der Waals surface area contributed by atoms with Gasteiger partial charge in [-0.2, -0.15) is 0 Å². The number of carbonyl (C=O) groups is 2. The molecule has 1 unspecified atom stereocenters. The topological polar surface area (TPSA) is 92.4 Å². The quantitative estimate of drug-likeness (QED) is 0.734. The van der Waals surface area contributed by atoms with Crippen molar-refractivity contribution in [2.75, 3.05) is 11.9 Å². The number of rotatable bonds is 6. The highest BCUT2D eigenvalue weighted by Crippen LogP contribution is 2.16. The second kappa shape index (κ2) is 6.84. The molecule has 5 nitrogen and oxygen atoms in total. The van der Waals surface area contributed by atoms with Crippen molar-refractivity contribution in [2.24, 2.45) is 11.7 Å². The van der Waals surface area contributed by atoms with E-state index in [4.69, 9.17) is 10.8 Å². The fraction of sp³-hybridized carbons (Fsp3) is 0.385. The molecular weight excluding hydrogens is 251 g/mol. The molecule has 1 aromatic carbocycles. The van der Waals surface area contributed by atoms with Crippen molar-refractivity contribution in [3.05, 3.63) is 29.6 Å². The molecule has 6 heteroatoms. The Balaban J connectivity index is 2.85. The summed E-state index contributed by atoms with van der Waals surface area (Å²) in [6, 6.07) is 3.42. The van der Waals surface area contributed by atoms with E-state index in [1.54, 1.807) is 0 Å². The number of carboxylic acids is 1. The van der Waals surface area contributed by atoms with Crippen molar-refractivity contribution in [3.8, 4) is 0 Å². The number of hydrogen-bond acceptors (Lipinski definition) is 3. The van der Waals surface area contributed by atoms with Crippen LogP contribution in [0.25, 0.3) is 0 Å². The second-order valence-corrected chi connectivity index (χ2v) is 4.21. The van der Waals surface area contributed by atoms with Crippen molar-refractivity contribution < 1.29 is 19.1 Å². The Morgan fingerprint density at radius 3 is 2.68 bits per heavy atom. The number of benzene rings is 1. The summed E-state index contributed by atoms with van der Waals surface area (Å²) in [6.07, 6.45) is 1.47. The zero-order chi connectivity index (χ0) is 14.4. The van der Waals surface area contributed by atoms with Crippen molar-refractivity contribution in [3.63, 3.8) is 0 Å². The first-order valence-corrected chi connectivity index (χ1v) is 6.03. The fourth-order valence-electron chi connectivity index (χ4n) is 1.72. The van der Waals surface area contributed by atoms with Crippen LogP contribution in [0.15, 0.2) is 18.2 Å². The molecule has 1 rings (SSSR count). The van der Waals surface area contributed by atoms with Gasteiger partial charge in [0.2, 0.25) is 5.91 Å². The van der Waals surface area contributed by atoms with Gasteiger partial charge in [0.1, 0.15) is 5.82 Å². The molecule has 0 aliphatic rings. The summed E-state index contributed by atoms with van der Waals surface area (Å²) in [6.45, 7) is 2.16. The van der Waals surface area contributed by atoms with Gasteiger partial charge >= 0.3 is 5.97 Å². The van der Waals surface area contributed by atoms with E-state index in [9.17, 15) is 14.0 Å². The molecule has 0 saturated carbocycles. The summed E-state index contributed by atoms with van der Waals surface area (Å²) in [5, 5.41) is 11.3. The van der Waals surface area contributed by atoms with Crippen LogP contribution in [0.3, 0.4) is 0 Å². The number of aromatic carboxylic acids is 1. The van der Waals surface area contributed by atoms with Gasteiger partial charge < -0.3 is 16.2 Å². The number of carbonyl (C=O) groups excluding carboxylic acids is 1. The molecule has 0 bridgehead atoms. The van der Waals surface area contributed by atoms with Crippen molar-refractivity contribution in [1.82, 2.24) is 0 Å². The van der Waals surface area contributed by atoms with E-state index >= 15 is 0 Å². The van der Waals surface area contributed by atoms with Crippen molar-refractivity contribution in [2.45, 2.75) is 19.8 Å². The van der Waals surface area contributed by atoms with Gasteiger partial charge in [-0.1, -0.05) is 13.3 Å². The molecule has 0 aliphatic carbocycles. The lowest BCUT2D eigenvalue weighted by Gasteiger charge is -2.14. The van der Waals surface area contributed by atoms with Crippen LogP contribution >= 0.6 is 0 Å². The van der Waals surface area contributed by atoms with E-state index in [-0.39, 0.29) is 24.1 Å². The number of halogens is 1. The number of nitrogens with one attached hydrogen (secondary N) is 1. The Labute approximate surface area is 110 Å². The largest absolute Gasteiger partial charge is 0.478 e. The lowest BCUT2D eigenvalue weighted by Crippen LogP contribution is -2.29. The van der Waals surface area contributed by atoms with Crippen LogP contribution in [0, 0.1) is 11.7 Å². The Kier molecular flexibility index (Phi) is 5.44. The summed E-state index contributed by atoms with van der Waals surface area (Å²) in [5.74, 6) is -2.83. The molecule has 0 spiro atoms. The predicted octanol–water partition coefficient (Wildman–Crippen LogP) is 1.84. The molecule has 0 aliphatic heterocycles. The molecule has 0 fully saturated rings. The summed E-state index contributed by atoms with van der Waals surface area (Å²) in [5.41, 5.74) is 5.27. The Bertz CT molecular complexity index is 477. The van der Waals surface area contributed by atoms with Gasteiger partial charge in [0, 0.05) is 12.2 Å². The monoisotopic (exact) mass is 268 g/mol. The average Bonchev–Trinajstić information content (AvgIpc) is 2.37. The predicted molar refractivity (Wildman–Crippen MR) is 69.4 cm³/mol. The number of anilines is 1. The minimum atomic E-state index is -1.38. The van der Waals surface area contributed by atoms with Crippen molar-refractivity contribution >= 4 is 17.6 Å². The first-order chi connectivity index (χ1) is 8.99. The zero-order valence-corrected chi connectivity index (χ0v) is 10.6. The maximum absolute atomic E-state index is 13.2. The number of amides is 1.